The van der Waals surface area contributed by atoms with Gasteiger partial charge in [0.1, 0.15) is 11.8 Å². The minimum Gasteiger partial charge on any atom is -0.497 e. The fourth-order valence-electron chi connectivity index (χ4n) is 3.56. The Morgan fingerprint density at radius 3 is 2.50 bits per heavy atom. The number of anilines is 1. The van der Waals surface area contributed by atoms with Crippen molar-refractivity contribution in [2.24, 2.45) is 0 Å². The molecule has 0 spiro atoms. The zero-order valence-electron chi connectivity index (χ0n) is 15.8. The van der Waals surface area contributed by atoms with Crippen LogP contribution in [0.15, 0.2) is 54.6 Å². The number of hydrogen-bond acceptors (Lipinski definition) is 4. The number of methoxy groups -OCH3 is 1. The largest absolute Gasteiger partial charge is 0.497 e. The van der Waals surface area contributed by atoms with Gasteiger partial charge in [-0.25, -0.2) is 4.68 Å². The number of para-hydroxylation sites is 1. The molecule has 1 saturated heterocycles. The Labute approximate surface area is 168 Å². The molecule has 6 nitrogen and oxygen atoms in total. The standard InChI is InChI=1S/C21H20N4O2S/c1-13-18(14(2)25(23-13)15-8-5-4-6-9-15)19-20(26)24(21(28)22-19)16-10-7-11-17(12-16)27-3/h4-12,19H,1-3H3,(H,22,28)/t19-/m0/s1. The Hall–Kier alpha value is -3.19. The number of carbonyl (C=O) groups is 1. The fraction of sp³-hybridized carbons (Fsp3) is 0.190. The van der Waals surface area contributed by atoms with Gasteiger partial charge < -0.3 is 10.1 Å². The van der Waals surface area contributed by atoms with Gasteiger partial charge in [0.15, 0.2) is 5.11 Å². The molecule has 1 fully saturated rings. The molecule has 4 rings (SSSR count). The molecule has 2 aromatic carbocycles. The maximum absolute atomic E-state index is 13.3. The average Bonchev–Trinajstić information content (AvgIpc) is 3.17. The van der Waals surface area contributed by atoms with Crippen LogP contribution in [0.2, 0.25) is 0 Å². The molecule has 0 saturated carbocycles. The van der Waals surface area contributed by atoms with Gasteiger partial charge in [-0.2, -0.15) is 5.10 Å². The molecule has 0 aliphatic carbocycles. The highest BCUT2D eigenvalue weighted by molar-refractivity contribution is 7.80. The maximum atomic E-state index is 13.3. The Bertz CT molecular complexity index is 1060. The summed E-state index contributed by atoms with van der Waals surface area (Å²) in [6.45, 7) is 3.88. The number of nitrogens with one attached hydrogen (secondary N) is 1. The Balaban J connectivity index is 1.72. The second-order valence-corrected chi connectivity index (χ2v) is 6.98. The third kappa shape index (κ3) is 2.93. The van der Waals surface area contributed by atoms with E-state index < -0.39 is 6.04 Å². The lowest BCUT2D eigenvalue weighted by molar-refractivity contribution is -0.118. The summed E-state index contributed by atoms with van der Waals surface area (Å²) >= 11 is 5.47. The zero-order chi connectivity index (χ0) is 19.8. The van der Waals surface area contributed by atoms with Gasteiger partial charge in [-0.1, -0.05) is 24.3 Å². The Morgan fingerprint density at radius 1 is 1.07 bits per heavy atom. The molecule has 0 radical (unpaired) electrons. The van der Waals surface area contributed by atoms with E-state index in [1.807, 2.05) is 67.1 Å². The monoisotopic (exact) mass is 392 g/mol. The Morgan fingerprint density at radius 2 is 1.79 bits per heavy atom. The molecule has 1 aliphatic heterocycles. The van der Waals surface area contributed by atoms with Gasteiger partial charge in [-0.3, -0.25) is 9.69 Å². The van der Waals surface area contributed by atoms with Crippen molar-refractivity contribution < 1.29 is 9.53 Å². The second kappa shape index (κ2) is 7.09. The van der Waals surface area contributed by atoms with E-state index in [-0.39, 0.29) is 5.91 Å². The summed E-state index contributed by atoms with van der Waals surface area (Å²) < 4.78 is 7.13. The van der Waals surface area contributed by atoms with Crippen molar-refractivity contribution in [1.82, 2.24) is 15.1 Å². The van der Waals surface area contributed by atoms with Gasteiger partial charge in [-0.15, -0.1) is 0 Å². The van der Waals surface area contributed by atoms with Crippen LogP contribution in [0, 0.1) is 13.8 Å². The second-order valence-electron chi connectivity index (χ2n) is 6.59. The summed E-state index contributed by atoms with van der Waals surface area (Å²) in [6.07, 6.45) is 0. The molecule has 2 heterocycles. The number of carbonyl (C=O) groups excluding carboxylic acids is 1. The van der Waals surface area contributed by atoms with Crippen molar-refractivity contribution in [2.45, 2.75) is 19.9 Å². The number of ether oxygens (including phenoxy) is 1. The maximum Gasteiger partial charge on any atom is 0.260 e. The number of thiocarbonyl (C=S) groups is 1. The first-order valence-electron chi connectivity index (χ1n) is 8.91. The lowest BCUT2D eigenvalue weighted by atomic mass is 10.0. The van der Waals surface area contributed by atoms with E-state index in [1.54, 1.807) is 13.2 Å². The molecule has 1 aliphatic rings. The highest BCUT2D eigenvalue weighted by Gasteiger charge is 2.40. The van der Waals surface area contributed by atoms with Crippen LogP contribution >= 0.6 is 12.2 Å². The fourth-order valence-corrected chi connectivity index (χ4v) is 3.88. The van der Waals surface area contributed by atoms with Gasteiger partial charge in [0, 0.05) is 17.3 Å². The number of rotatable bonds is 4. The first-order chi connectivity index (χ1) is 13.5. The number of amides is 1. The van der Waals surface area contributed by atoms with Crippen molar-refractivity contribution in [3.05, 3.63) is 71.5 Å². The molecule has 1 atom stereocenters. The number of nitrogens with zero attached hydrogens (tertiary/aromatic N) is 3. The third-order valence-corrected chi connectivity index (χ3v) is 5.19. The van der Waals surface area contributed by atoms with Crippen LogP contribution in [0.4, 0.5) is 5.69 Å². The molecule has 0 unspecified atom stereocenters. The molecule has 3 aromatic rings. The van der Waals surface area contributed by atoms with Crippen LogP contribution in [-0.2, 0) is 4.79 Å². The van der Waals surface area contributed by atoms with E-state index in [0.717, 1.165) is 22.6 Å². The van der Waals surface area contributed by atoms with E-state index >= 15 is 0 Å². The molecule has 1 amide bonds. The minimum absolute atomic E-state index is 0.128. The van der Waals surface area contributed by atoms with Crippen LogP contribution in [-0.4, -0.2) is 27.9 Å². The molecule has 7 heteroatoms. The van der Waals surface area contributed by atoms with Gasteiger partial charge in [0.25, 0.3) is 5.91 Å². The third-order valence-electron chi connectivity index (χ3n) is 4.89. The Kier molecular flexibility index (Phi) is 4.60. The van der Waals surface area contributed by atoms with Gasteiger partial charge in [-0.05, 0) is 50.3 Å². The van der Waals surface area contributed by atoms with Crippen molar-refractivity contribution in [3.63, 3.8) is 0 Å². The lowest BCUT2D eigenvalue weighted by Gasteiger charge is -2.15. The van der Waals surface area contributed by atoms with E-state index in [1.165, 1.54) is 4.90 Å². The van der Waals surface area contributed by atoms with E-state index in [9.17, 15) is 4.79 Å². The predicted octanol–water partition coefficient (Wildman–Crippen LogP) is 3.46. The summed E-state index contributed by atoms with van der Waals surface area (Å²) in [5.41, 5.74) is 4.18. The predicted molar refractivity (Wildman–Crippen MR) is 112 cm³/mol. The van der Waals surface area contributed by atoms with Crippen molar-refractivity contribution in [2.75, 3.05) is 12.0 Å². The van der Waals surface area contributed by atoms with Gasteiger partial charge >= 0.3 is 0 Å². The first kappa shape index (κ1) is 18.2. The number of aryl methyl sites for hydroxylation is 1. The topological polar surface area (TPSA) is 59.4 Å². The van der Waals surface area contributed by atoms with E-state index in [2.05, 4.69) is 10.4 Å². The highest BCUT2D eigenvalue weighted by Crippen LogP contribution is 2.32. The molecular weight excluding hydrogens is 372 g/mol. The average molecular weight is 392 g/mol. The summed E-state index contributed by atoms with van der Waals surface area (Å²) in [5, 5.41) is 8.19. The normalized spacial score (nSPS) is 16.4. The SMILES string of the molecule is COc1cccc(N2C(=O)[C@H](c3c(C)nn(-c4ccccc4)c3C)NC2=S)c1. The summed E-state index contributed by atoms with van der Waals surface area (Å²) in [6, 6.07) is 16.6. The van der Waals surface area contributed by atoms with E-state index in [4.69, 9.17) is 17.0 Å². The number of benzene rings is 2. The quantitative estimate of drug-likeness (QED) is 0.689. The summed E-state index contributed by atoms with van der Waals surface area (Å²) in [7, 11) is 1.59. The van der Waals surface area contributed by atoms with Gasteiger partial charge in [0.05, 0.1) is 24.2 Å². The van der Waals surface area contributed by atoms with Crippen LogP contribution < -0.4 is 15.0 Å². The molecule has 28 heavy (non-hydrogen) atoms. The number of aromatic nitrogens is 2. The van der Waals surface area contributed by atoms with Crippen molar-refractivity contribution in [3.8, 4) is 11.4 Å². The smallest absolute Gasteiger partial charge is 0.260 e. The minimum atomic E-state index is -0.573. The summed E-state index contributed by atoms with van der Waals surface area (Å²) in [5.74, 6) is 0.540. The molecular formula is C21H20N4O2S. The number of hydrogen-bond donors (Lipinski definition) is 1. The molecule has 1 aromatic heterocycles. The van der Waals surface area contributed by atoms with E-state index in [0.29, 0.717) is 16.5 Å². The summed E-state index contributed by atoms with van der Waals surface area (Å²) in [4.78, 5) is 14.8. The zero-order valence-corrected chi connectivity index (χ0v) is 16.7. The first-order valence-corrected chi connectivity index (χ1v) is 9.32. The van der Waals surface area contributed by atoms with Crippen LogP contribution in [0.25, 0.3) is 5.69 Å². The van der Waals surface area contributed by atoms with Crippen LogP contribution in [0.3, 0.4) is 0 Å². The molecule has 0 bridgehead atoms. The van der Waals surface area contributed by atoms with Crippen molar-refractivity contribution in [1.29, 1.82) is 0 Å². The van der Waals surface area contributed by atoms with Crippen LogP contribution in [0.5, 0.6) is 5.75 Å². The van der Waals surface area contributed by atoms with Gasteiger partial charge in [0.2, 0.25) is 0 Å². The molecule has 142 valence electrons. The van der Waals surface area contributed by atoms with Crippen LogP contribution in [0.1, 0.15) is 23.0 Å². The lowest BCUT2D eigenvalue weighted by Crippen LogP contribution is -2.30. The van der Waals surface area contributed by atoms with Crippen molar-refractivity contribution >= 4 is 28.9 Å². The highest BCUT2D eigenvalue weighted by atomic mass is 32.1. The molecule has 1 N–H and O–H groups in total.